The van der Waals surface area contributed by atoms with Crippen molar-refractivity contribution in [2.24, 2.45) is 0 Å². The van der Waals surface area contributed by atoms with Gasteiger partial charge < -0.3 is 43.5 Å². The SMILES string of the molecule is C#CCCCCCCCCCCCC(O)CC(O)COC(C)=O.C=CCCCCCCCCCCCC(O)CC(O)COC(C)=O.COc1c(C(C)C)oc2cc3oc(=O)ccc3cc12. The van der Waals surface area contributed by atoms with Gasteiger partial charge in [-0.2, -0.15) is 0 Å². The minimum Gasteiger partial charge on any atom is -0.492 e. The fraction of sp³-hybridized carbons (Fsp3) is 0.679. The molecule has 4 unspecified atom stereocenters. The van der Waals surface area contributed by atoms with Gasteiger partial charge in [-0.3, -0.25) is 9.59 Å². The van der Waals surface area contributed by atoms with E-state index in [1.54, 1.807) is 19.2 Å². The zero-order valence-electron chi connectivity index (χ0n) is 40.5. The van der Waals surface area contributed by atoms with Gasteiger partial charge in [0, 0.05) is 56.5 Å². The number of ether oxygens (including phenoxy) is 3. The summed E-state index contributed by atoms with van der Waals surface area (Å²) in [6, 6.07) is 6.80. The average molecular weight is 913 g/mol. The first kappa shape index (κ1) is 58.9. The largest absolute Gasteiger partial charge is 0.492 e. The number of benzene rings is 1. The summed E-state index contributed by atoms with van der Waals surface area (Å²) < 4.78 is 25.8. The van der Waals surface area contributed by atoms with Gasteiger partial charge >= 0.3 is 17.6 Å². The van der Waals surface area contributed by atoms with Crippen LogP contribution < -0.4 is 10.4 Å². The first-order valence-corrected chi connectivity index (χ1v) is 24.3. The normalized spacial score (nSPS) is 12.9. The van der Waals surface area contributed by atoms with E-state index in [9.17, 15) is 34.8 Å². The number of carbonyl (C=O) groups excluding carboxylic acids is 2. The van der Waals surface area contributed by atoms with E-state index in [0.29, 0.717) is 24.0 Å². The van der Waals surface area contributed by atoms with Crippen LogP contribution in [0.2, 0.25) is 0 Å². The molecule has 0 aliphatic heterocycles. The molecule has 12 heteroatoms. The van der Waals surface area contributed by atoms with Crippen molar-refractivity contribution in [1.82, 2.24) is 0 Å². The summed E-state index contributed by atoms with van der Waals surface area (Å²) in [6.07, 6.45) is 30.5. The molecule has 368 valence electrons. The predicted octanol–water partition coefficient (Wildman–Crippen LogP) is 11.4. The quantitative estimate of drug-likeness (QED) is 0.0149. The minimum atomic E-state index is -0.775. The maximum absolute atomic E-state index is 11.2. The second kappa shape index (κ2) is 37.0. The minimum absolute atomic E-state index is 0.0286. The lowest BCUT2D eigenvalue weighted by atomic mass is 10.0. The molecule has 0 fully saturated rings. The van der Waals surface area contributed by atoms with E-state index in [0.717, 1.165) is 67.2 Å². The molecule has 65 heavy (non-hydrogen) atoms. The third-order valence-electron chi connectivity index (χ3n) is 11.0. The molecule has 0 spiro atoms. The Labute approximate surface area is 389 Å². The molecular formula is C53H84O12. The van der Waals surface area contributed by atoms with E-state index in [1.165, 1.54) is 103 Å². The molecule has 3 aromatic rings. The van der Waals surface area contributed by atoms with E-state index >= 15 is 0 Å². The molecule has 0 bridgehead atoms. The summed E-state index contributed by atoms with van der Waals surface area (Å²) >= 11 is 0. The molecule has 0 aliphatic rings. The Morgan fingerprint density at radius 3 is 1.57 bits per heavy atom. The Bertz CT molecular complexity index is 1800. The lowest BCUT2D eigenvalue weighted by molar-refractivity contribution is -0.145. The Morgan fingerprint density at radius 1 is 0.677 bits per heavy atom. The number of esters is 2. The van der Waals surface area contributed by atoms with E-state index in [2.05, 4.69) is 12.5 Å². The maximum Gasteiger partial charge on any atom is 0.336 e. The number of terminal acetylenes is 1. The van der Waals surface area contributed by atoms with Crippen LogP contribution in [0.15, 0.2) is 50.5 Å². The van der Waals surface area contributed by atoms with Crippen molar-refractivity contribution >= 4 is 33.9 Å². The van der Waals surface area contributed by atoms with Gasteiger partial charge in [-0.05, 0) is 44.2 Å². The van der Waals surface area contributed by atoms with Gasteiger partial charge in [0.15, 0.2) is 5.75 Å². The highest BCUT2D eigenvalue weighted by Crippen LogP contribution is 2.39. The molecule has 3 rings (SSSR count). The number of hydrogen-bond acceptors (Lipinski definition) is 12. The number of unbranched alkanes of at least 4 members (excludes halogenated alkanes) is 18. The summed E-state index contributed by atoms with van der Waals surface area (Å²) in [5, 5.41) is 40.6. The molecule has 0 saturated heterocycles. The van der Waals surface area contributed by atoms with Crippen molar-refractivity contribution in [2.45, 2.75) is 212 Å². The second-order valence-corrected chi connectivity index (χ2v) is 17.5. The van der Waals surface area contributed by atoms with Crippen molar-refractivity contribution in [3.63, 3.8) is 0 Å². The smallest absolute Gasteiger partial charge is 0.336 e. The summed E-state index contributed by atoms with van der Waals surface area (Å²) in [5.74, 6) is 3.63. The number of allylic oxidation sites excluding steroid dienone is 1. The Balaban J connectivity index is 0.000000489. The summed E-state index contributed by atoms with van der Waals surface area (Å²) in [7, 11) is 1.63. The van der Waals surface area contributed by atoms with Crippen molar-refractivity contribution < 1.29 is 53.1 Å². The summed E-state index contributed by atoms with van der Waals surface area (Å²) in [6.45, 7) is 10.4. The average Bonchev–Trinajstić information content (AvgIpc) is 3.63. The first-order valence-electron chi connectivity index (χ1n) is 24.3. The van der Waals surface area contributed by atoms with Crippen LogP contribution in [-0.2, 0) is 19.1 Å². The fourth-order valence-electron chi connectivity index (χ4n) is 7.42. The van der Waals surface area contributed by atoms with Crippen LogP contribution in [0.4, 0.5) is 0 Å². The number of carbonyl (C=O) groups is 2. The second-order valence-electron chi connectivity index (χ2n) is 17.5. The van der Waals surface area contributed by atoms with Crippen LogP contribution in [0.25, 0.3) is 21.9 Å². The number of furan rings is 1. The molecule has 0 aliphatic carbocycles. The number of aliphatic hydroxyl groups excluding tert-OH is 4. The monoisotopic (exact) mass is 913 g/mol. The van der Waals surface area contributed by atoms with Crippen LogP contribution in [0, 0.1) is 12.3 Å². The van der Waals surface area contributed by atoms with Gasteiger partial charge in [0.25, 0.3) is 0 Å². The summed E-state index contributed by atoms with van der Waals surface area (Å²) in [5.41, 5.74) is 0.823. The molecule has 4 atom stereocenters. The van der Waals surface area contributed by atoms with E-state index in [-0.39, 0.29) is 37.6 Å². The first-order chi connectivity index (χ1) is 31.2. The Morgan fingerprint density at radius 2 is 1.14 bits per heavy atom. The van der Waals surface area contributed by atoms with E-state index in [4.69, 9.17) is 29.5 Å². The van der Waals surface area contributed by atoms with Crippen molar-refractivity contribution in [3.8, 4) is 18.1 Å². The third-order valence-corrected chi connectivity index (χ3v) is 11.0. The Hall–Kier alpha value is -4.15. The summed E-state index contributed by atoms with van der Waals surface area (Å²) in [4.78, 5) is 32.5. The molecular weight excluding hydrogens is 829 g/mol. The molecule has 1 aromatic carbocycles. The molecule has 2 heterocycles. The lowest BCUT2D eigenvalue weighted by Gasteiger charge is -2.15. The fourth-order valence-corrected chi connectivity index (χ4v) is 7.42. The van der Waals surface area contributed by atoms with Crippen LogP contribution >= 0.6 is 0 Å². The lowest BCUT2D eigenvalue weighted by Crippen LogP contribution is -2.23. The number of methoxy groups -OCH3 is 1. The molecule has 12 nitrogen and oxygen atoms in total. The van der Waals surface area contributed by atoms with E-state index < -0.39 is 36.4 Å². The van der Waals surface area contributed by atoms with Crippen LogP contribution in [0.5, 0.6) is 5.75 Å². The van der Waals surface area contributed by atoms with E-state index in [1.807, 2.05) is 26.0 Å². The van der Waals surface area contributed by atoms with Gasteiger partial charge in [0.2, 0.25) is 0 Å². The number of fused-ring (bicyclic) bond motifs is 2. The zero-order chi connectivity index (χ0) is 48.2. The topological polar surface area (TPSA) is 186 Å². The van der Waals surface area contributed by atoms with Gasteiger partial charge in [0.05, 0.1) is 36.9 Å². The highest BCUT2D eigenvalue weighted by atomic mass is 16.5. The number of rotatable bonds is 33. The highest BCUT2D eigenvalue weighted by molar-refractivity contribution is 5.97. The maximum atomic E-state index is 11.2. The van der Waals surface area contributed by atoms with Crippen LogP contribution in [-0.4, -0.2) is 77.1 Å². The van der Waals surface area contributed by atoms with Crippen molar-refractivity contribution in [2.75, 3.05) is 20.3 Å². The van der Waals surface area contributed by atoms with Crippen LogP contribution in [0.3, 0.4) is 0 Å². The molecule has 4 N–H and O–H groups in total. The van der Waals surface area contributed by atoms with Gasteiger partial charge in [-0.15, -0.1) is 18.9 Å². The molecule has 0 radical (unpaired) electrons. The van der Waals surface area contributed by atoms with Gasteiger partial charge in [0.1, 0.15) is 30.1 Å². The standard InChI is InChI=1S/C19H36O4.C19H34O4.C15H14O4/c2*1-3-4-5-6-7-8-9-10-11-12-13-14-18(21)15-19(22)16-23-17(2)20;1-8(2)14-15(17-3)10-6-9-4-5-13(16)18-11(9)7-12(10)19-14/h3,18-19,21-22H,1,4-16H2,2H3;1,18-19,21-22H,4-16H2,2H3;4-8H,1-3H3. The van der Waals surface area contributed by atoms with Crippen LogP contribution in [0.1, 0.15) is 193 Å². The van der Waals surface area contributed by atoms with Gasteiger partial charge in [-0.25, -0.2) is 4.79 Å². The highest BCUT2D eigenvalue weighted by Gasteiger charge is 2.19. The third kappa shape index (κ3) is 29.2. The molecule has 0 saturated carbocycles. The number of hydrogen-bond donors (Lipinski definition) is 4. The number of aliphatic hydroxyl groups is 4. The zero-order valence-corrected chi connectivity index (χ0v) is 40.5. The van der Waals surface area contributed by atoms with Crippen molar-refractivity contribution in [3.05, 3.63) is 53.1 Å². The Kier molecular flexibility index (Phi) is 33.5. The predicted molar refractivity (Wildman–Crippen MR) is 260 cm³/mol. The molecule has 0 amide bonds. The van der Waals surface area contributed by atoms with Crippen molar-refractivity contribution in [1.29, 1.82) is 0 Å². The van der Waals surface area contributed by atoms with Gasteiger partial charge in [-0.1, -0.05) is 123 Å². The molecule has 2 aromatic heterocycles.